The Bertz CT molecular complexity index is 178. The fourth-order valence-electron chi connectivity index (χ4n) is 0.980. The molecule has 1 amide bonds. The molecule has 16 heavy (non-hydrogen) atoms. The Hall–Kier alpha value is -0.690. The molecule has 0 aromatic heterocycles. The maximum absolute atomic E-state index is 10.6. The first-order chi connectivity index (χ1) is 7.68. The number of hydrogen-bond acceptors (Lipinski definition) is 5. The van der Waals surface area contributed by atoms with Crippen LogP contribution in [0.15, 0.2) is 0 Å². The molecule has 1 atom stereocenters. The predicted molar refractivity (Wildman–Crippen MR) is 59.9 cm³/mol. The fourth-order valence-corrected chi connectivity index (χ4v) is 0.980. The lowest BCUT2D eigenvalue weighted by Gasteiger charge is -2.08. The van der Waals surface area contributed by atoms with Crippen molar-refractivity contribution in [1.29, 1.82) is 0 Å². The molecule has 0 bridgehead atoms. The molecular formula is C10H22N2O4. The van der Waals surface area contributed by atoms with Crippen molar-refractivity contribution < 1.29 is 19.0 Å². The normalized spacial score (nSPS) is 12.6. The van der Waals surface area contributed by atoms with E-state index in [1.807, 2.05) is 0 Å². The van der Waals surface area contributed by atoms with Crippen LogP contribution in [0.4, 0.5) is 0 Å². The second-order valence-corrected chi connectivity index (χ2v) is 3.37. The summed E-state index contributed by atoms with van der Waals surface area (Å²) in [4.78, 5) is 10.6. The minimum absolute atomic E-state index is 0.422. The lowest BCUT2D eigenvalue weighted by atomic mass is 10.2. The van der Waals surface area contributed by atoms with Crippen molar-refractivity contribution in [3.63, 3.8) is 0 Å². The molecule has 0 radical (unpaired) electrons. The molecule has 0 aromatic carbocycles. The minimum atomic E-state index is -0.623. The Morgan fingerprint density at radius 3 is 2.31 bits per heavy atom. The summed E-state index contributed by atoms with van der Waals surface area (Å²) in [5.41, 5.74) is 10.4. The van der Waals surface area contributed by atoms with E-state index in [1.54, 1.807) is 7.11 Å². The average molecular weight is 234 g/mol. The van der Waals surface area contributed by atoms with Gasteiger partial charge in [0.15, 0.2) is 0 Å². The molecule has 0 spiro atoms. The number of carbonyl (C=O) groups is 1. The monoisotopic (exact) mass is 234 g/mol. The van der Waals surface area contributed by atoms with Gasteiger partial charge in [-0.15, -0.1) is 0 Å². The Labute approximate surface area is 96.2 Å². The van der Waals surface area contributed by atoms with Crippen LogP contribution < -0.4 is 11.5 Å². The van der Waals surface area contributed by atoms with E-state index in [4.69, 9.17) is 25.7 Å². The predicted octanol–water partition coefficient (Wildman–Crippen LogP) is -0.741. The largest absolute Gasteiger partial charge is 0.385 e. The number of hydrogen-bond donors (Lipinski definition) is 2. The summed E-state index contributed by atoms with van der Waals surface area (Å²) >= 11 is 0. The van der Waals surface area contributed by atoms with E-state index in [0.29, 0.717) is 39.5 Å². The van der Waals surface area contributed by atoms with Gasteiger partial charge in [0, 0.05) is 26.9 Å². The van der Waals surface area contributed by atoms with Gasteiger partial charge >= 0.3 is 0 Å². The van der Waals surface area contributed by atoms with E-state index < -0.39 is 11.9 Å². The van der Waals surface area contributed by atoms with Gasteiger partial charge in [0.2, 0.25) is 5.91 Å². The highest BCUT2D eigenvalue weighted by Crippen LogP contribution is 1.89. The lowest BCUT2D eigenvalue weighted by Crippen LogP contribution is -2.37. The molecule has 0 aliphatic rings. The molecule has 96 valence electrons. The van der Waals surface area contributed by atoms with Gasteiger partial charge in [-0.3, -0.25) is 4.79 Å². The van der Waals surface area contributed by atoms with Crippen LogP contribution in [-0.2, 0) is 19.0 Å². The highest BCUT2D eigenvalue weighted by atomic mass is 16.5. The Balaban J connectivity index is 3.07. The molecule has 0 aliphatic heterocycles. The standard InChI is InChI=1S/C10H22N2O4/c1-14-4-2-5-15-7-8-16-6-3-9(11)10(12)13/h9H,2-8,11H2,1H3,(H2,12,13). The molecule has 0 aliphatic carbocycles. The van der Waals surface area contributed by atoms with E-state index in [0.717, 1.165) is 6.42 Å². The lowest BCUT2D eigenvalue weighted by molar-refractivity contribution is -0.119. The van der Waals surface area contributed by atoms with Crippen molar-refractivity contribution in [1.82, 2.24) is 0 Å². The molecule has 0 saturated carbocycles. The van der Waals surface area contributed by atoms with Crippen LogP contribution in [0, 0.1) is 0 Å². The van der Waals surface area contributed by atoms with Crippen LogP contribution >= 0.6 is 0 Å². The average Bonchev–Trinajstić information content (AvgIpc) is 2.26. The van der Waals surface area contributed by atoms with Crippen molar-refractivity contribution in [2.75, 3.05) is 40.1 Å². The molecular weight excluding hydrogens is 212 g/mol. The molecule has 4 N–H and O–H groups in total. The summed E-state index contributed by atoms with van der Waals surface area (Å²) in [5, 5.41) is 0. The number of nitrogens with two attached hydrogens (primary N) is 2. The van der Waals surface area contributed by atoms with Crippen molar-refractivity contribution in [2.45, 2.75) is 18.9 Å². The number of rotatable bonds is 11. The molecule has 6 nitrogen and oxygen atoms in total. The number of methoxy groups -OCH3 is 1. The van der Waals surface area contributed by atoms with Crippen LogP contribution in [0.5, 0.6) is 0 Å². The fraction of sp³-hybridized carbons (Fsp3) is 0.900. The maximum atomic E-state index is 10.6. The van der Waals surface area contributed by atoms with Crippen LogP contribution in [0.3, 0.4) is 0 Å². The first-order valence-electron chi connectivity index (χ1n) is 5.37. The van der Waals surface area contributed by atoms with Crippen LogP contribution in [0.2, 0.25) is 0 Å². The quantitative estimate of drug-likeness (QED) is 0.459. The van der Waals surface area contributed by atoms with Crippen LogP contribution in [0.1, 0.15) is 12.8 Å². The third-order valence-electron chi connectivity index (χ3n) is 1.95. The molecule has 0 fully saturated rings. The van der Waals surface area contributed by atoms with Gasteiger partial charge in [-0.1, -0.05) is 0 Å². The molecule has 0 heterocycles. The van der Waals surface area contributed by atoms with E-state index in [2.05, 4.69) is 0 Å². The zero-order valence-corrected chi connectivity index (χ0v) is 9.81. The maximum Gasteiger partial charge on any atom is 0.234 e. The van der Waals surface area contributed by atoms with Crippen molar-refractivity contribution >= 4 is 5.91 Å². The first kappa shape index (κ1) is 15.3. The summed E-state index contributed by atoms with van der Waals surface area (Å²) < 4.78 is 15.3. The van der Waals surface area contributed by atoms with E-state index >= 15 is 0 Å². The summed E-state index contributed by atoms with van der Waals surface area (Å²) in [6.07, 6.45) is 1.32. The molecule has 0 rings (SSSR count). The zero-order chi connectivity index (χ0) is 12.2. The van der Waals surface area contributed by atoms with Crippen LogP contribution in [0.25, 0.3) is 0 Å². The van der Waals surface area contributed by atoms with Gasteiger partial charge in [0.1, 0.15) is 0 Å². The third kappa shape index (κ3) is 9.85. The Morgan fingerprint density at radius 1 is 1.12 bits per heavy atom. The molecule has 0 saturated heterocycles. The molecule has 0 aromatic rings. The Kier molecular flexibility index (Phi) is 10.3. The number of carbonyl (C=O) groups excluding carboxylic acids is 1. The van der Waals surface area contributed by atoms with Gasteiger partial charge in [-0.05, 0) is 12.8 Å². The smallest absolute Gasteiger partial charge is 0.234 e. The number of ether oxygens (including phenoxy) is 3. The minimum Gasteiger partial charge on any atom is -0.385 e. The number of primary amides is 1. The van der Waals surface area contributed by atoms with Gasteiger partial charge < -0.3 is 25.7 Å². The van der Waals surface area contributed by atoms with Gasteiger partial charge in [0.25, 0.3) is 0 Å². The summed E-state index contributed by atoms with van der Waals surface area (Å²) in [5.74, 6) is -0.501. The van der Waals surface area contributed by atoms with E-state index in [-0.39, 0.29) is 0 Å². The molecule has 6 heteroatoms. The van der Waals surface area contributed by atoms with Gasteiger partial charge in [-0.25, -0.2) is 0 Å². The van der Waals surface area contributed by atoms with Crippen molar-refractivity contribution in [2.24, 2.45) is 11.5 Å². The summed E-state index contributed by atoms with van der Waals surface area (Å²) in [6, 6.07) is -0.623. The topological polar surface area (TPSA) is 96.8 Å². The zero-order valence-electron chi connectivity index (χ0n) is 9.81. The van der Waals surface area contributed by atoms with E-state index in [1.165, 1.54) is 0 Å². The second kappa shape index (κ2) is 10.8. The number of amides is 1. The van der Waals surface area contributed by atoms with Crippen molar-refractivity contribution in [3.05, 3.63) is 0 Å². The van der Waals surface area contributed by atoms with Crippen LogP contribution in [-0.4, -0.2) is 52.1 Å². The Morgan fingerprint density at radius 2 is 1.75 bits per heavy atom. The second-order valence-electron chi connectivity index (χ2n) is 3.37. The highest BCUT2D eigenvalue weighted by Gasteiger charge is 2.07. The van der Waals surface area contributed by atoms with Gasteiger partial charge in [0.05, 0.1) is 19.3 Å². The first-order valence-corrected chi connectivity index (χ1v) is 5.37. The van der Waals surface area contributed by atoms with E-state index in [9.17, 15) is 4.79 Å². The SMILES string of the molecule is COCCCOCCOCCC(N)C(N)=O. The molecule has 1 unspecified atom stereocenters. The highest BCUT2D eigenvalue weighted by molar-refractivity contribution is 5.79. The summed E-state index contributed by atoms with van der Waals surface area (Å²) in [6.45, 7) is 2.83. The third-order valence-corrected chi connectivity index (χ3v) is 1.95. The summed E-state index contributed by atoms with van der Waals surface area (Å²) in [7, 11) is 1.66. The van der Waals surface area contributed by atoms with Crippen molar-refractivity contribution in [3.8, 4) is 0 Å². The van der Waals surface area contributed by atoms with Gasteiger partial charge in [-0.2, -0.15) is 0 Å².